The summed E-state index contributed by atoms with van der Waals surface area (Å²) in [6, 6.07) is 12.2. The van der Waals surface area contributed by atoms with Crippen LogP contribution in [0.4, 0.5) is 5.69 Å². The molecule has 0 fully saturated rings. The monoisotopic (exact) mass is 339 g/mol. The molecule has 0 aliphatic heterocycles. The lowest BCUT2D eigenvalue weighted by atomic mass is 9.99. The second-order valence-corrected chi connectivity index (χ2v) is 5.86. The second-order valence-electron chi connectivity index (χ2n) is 5.86. The number of rotatable bonds is 6. The fourth-order valence-electron chi connectivity index (χ4n) is 2.46. The smallest absolute Gasteiger partial charge is 0.337 e. The van der Waals surface area contributed by atoms with Crippen molar-refractivity contribution in [2.45, 2.75) is 26.7 Å². The first-order valence-corrected chi connectivity index (χ1v) is 7.99. The second kappa shape index (κ2) is 8.24. The molecule has 2 rings (SSSR count). The molecule has 0 aliphatic rings. The van der Waals surface area contributed by atoms with E-state index in [1.165, 1.54) is 13.2 Å². The fraction of sp³-hybridized carbons (Fsp3) is 0.250. The zero-order valence-corrected chi connectivity index (χ0v) is 14.6. The van der Waals surface area contributed by atoms with Gasteiger partial charge in [-0.25, -0.2) is 4.79 Å². The Morgan fingerprint density at radius 3 is 2.48 bits per heavy atom. The molecule has 0 saturated heterocycles. The van der Waals surface area contributed by atoms with Crippen LogP contribution in [0.1, 0.15) is 44.7 Å². The summed E-state index contributed by atoms with van der Waals surface area (Å²) >= 11 is 0. The first-order chi connectivity index (χ1) is 11.9. The number of benzene rings is 2. The number of ketones is 1. The lowest BCUT2D eigenvalue weighted by Crippen LogP contribution is -2.14. The first-order valence-electron chi connectivity index (χ1n) is 7.99. The molecule has 0 spiro atoms. The number of esters is 1. The van der Waals surface area contributed by atoms with Crippen molar-refractivity contribution in [1.82, 2.24) is 0 Å². The predicted molar refractivity (Wildman–Crippen MR) is 95.9 cm³/mol. The molecule has 5 heteroatoms. The van der Waals surface area contributed by atoms with Crippen LogP contribution in [0.25, 0.3) is 0 Å². The van der Waals surface area contributed by atoms with Crippen molar-refractivity contribution in [3.63, 3.8) is 0 Å². The van der Waals surface area contributed by atoms with Crippen LogP contribution in [0.5, 0.6) is 0 Å². The number of ether oxygens (including phenoxy) is 1. The van der Waals surface area contributed by atoms with E-state index in [-0.39, 0.29) is 24.5 Å². The summed E-state index contributed by atoms with van der Waals surface area (Å²) in [5.74, 6) is -0.804. The Kier molecular flexibility index (Phi) is 6.06. The number of carbonyl (C=O) groups is 3. The summed E-state index contributed by atoms with van der Waals surface area (Å²) in [5, 5.41) is 2.70. The molecule has 1 amide bonds. The molecular formula is C20H21NO4. The van der Waals surface area contributed by atoms with E-state index in [1.54, 1.807) is 18.2 Å². The number of Topliss-reactive ketones (excluding diaryl/α,β-unsaturated/α-hetero) is 1. The molecule has 2 aromatic carbocycles. The summed E-state index contributed by atoms with van der Waals surface area (Å²) < 4.78 is 4.65. The van der Waals surface area contributed by atoms with Gasteiger partial charge >= 0.3 is 5.97 Å². The SMILES string of the molecule is COC(=O)c1cccc(NC(=O)CCC(=O)c2cc(C)ccc2C)c1. The number of hydrogen-bond donors (Lipinski definition) is 1. The zero-order chi connectivity index (χ0) is 18.4. The van der Waals surface area contributed by atoms with Crippen LogP contribution in [0.2, 0.25) is 0 Å². The molecule has 0 bridgehead atoms. The normalized spacial score (nSPS) is 10.2. The van der Waals surface area contributed by atoms with Gasteiger partial charge in [0.25, 0.3) is 0 Å². The maximum atomic E-state index is 12.3. The van der Waals surface area contributed by atoms with Crippen LogP contribution in [0, 0.1) is 13.8 Å². The van der Waals surface area contributed by atoms with Crippen LogP contribution in [0.15, 0.2) is 42.5 Å². The summed E-state index contributed by atoms with van der Waals surface area (Å²) in [6.45, 7) is 3.81. The van der Waals surface area contributed by atoms with Gasteiger partial charge in [0.05, 0.1) is 12.7 Å². The highest BCUT2D eigenvalue weighted by Gasteiger charge is 2.13. The fourth-order valence-corrected chi connectivity index (χ4v) is 2.46. The summed E-state index contributed by atoms with van der Waals surface area (Å²) in [7, 11) is 1.30. The van der Waals surface area contributed by atoms with Crippen LogP contribution in [0.3, 0.4) is 0 Å². The van der Waals surface area contributed by atoms with Gasteiger partial charge in [0, 0.05) is 24.1 Å². The van der Waals surface area contributed by atoms with Crippen LogP contribution < -0.4 is 5.32 Å². The highest BCUT2D eigenvalue weighted by atomic mass is 16.5. The third-order valence-corrected chi connectivity index (χ3v) is 3.84. The topological polar surface area (TPSA) is 72.5 Å². The molecule has 0 unspecified atom stereocenters. The largest absolute Gasteiger partial charge is 0.465 e. The molecule has 0 aliphatic carbocycles. The molecule has 0 heterocycles. The summed E-state index contributed by atoms with van der Waals surface area (Å²) in [5.41, 5.74) is 3.42. The van der Waals surface area contributed by atoms with Crippen molar-refractivity contribution in [1.29, 1.82) is 0 Å². The van der Waals surface area contributed by atoms with Gasteiger partial charge in [0.2, 0.25) is 5.91 Å². The van der Waals surface area contributed by atoms with Crippen molar-refractivity contribution < 1.29 is 19.1 Å². The number of methoxy groups -OCH3 is 1. The van der Waals surface area contributed by atoms with E-state index >= 15 is 0 Å². The van der Waals surface area contributed by atoms with E-state index in [1.807, 2.05) is 32.0 Å². The number of amides is 1. The Bertz CT molecular complexity index is 811. The molecule has 25 heavy (non-hydrogen) atoms. The molecule has 2 aromatic rings. The van der Waals surface area contributed by atoms with Gasteiger partial charge in [-0.1, -0.05) is 23.8 Å². The quantitative estimate of drug-likeness (QED) is 0.643. The van der Waals surface area contributed by atoms with E-state index < -0.39 is 5.97 Å². The van der Waals surface area contributed by atoms with Crippen molar-refractivity contribution in [2.75, 3.05) is 12.4 Å². The predicted octanol–water partition coefficient (Wildman–Crippen LogP) is 3.69. The van der Waals surface area contributed by atoms with Gasteiger partial charge < -0.3 is 10.1 Å². The summed E-state index contributed by atoms with van der Waals surface area (Å²) in [6.07, 6.45) is 0.210. The Balaban J connectivity index is 1.96. The lowest BCUT2D eigenvalue weighted by Gasteiger charge is -2.08. The Labute approximate surface area is 147 Å². The van der Waals surface area contributed by atoms with Crippen molar-refractivity contribution in [3.8, 4) is 0 Å². The van der Waals surface area contributed by atoms with Gasteiger partial charge in [-0.3, -0.25) is 9.59 Å². The molecule has 0 radical (unpaired) electrons. The molecule has 0 atom stereocenters. The third-order valence-electron chi connectivity index (χ3n) is 3.84. The van der Waals surface area contributed by atoms with Gasteiger partial charge in [0.15, 0.2) is 5.78 Å². The van der Waals surface area contributed by atoms with Gasteiger partial charge in [-0.2, -0.15) is 0 Å². The van der Waals surface area contributed by atoms with Gasteiger partial charge in [-0.05, 0) is 43.7 Å². The maximum Gasteiger partial charge on any atom is 0.337 e. The Hall–Kier alpha value is -2.95. The van der Waals surface area contributed by atoms with Crippen LogP contribution in [-0.4, -0.2) is 24.8 Å². The average Bonchev–Trinajstić information content (AvgIpc) is 2.61. The Morgan fingerprint density at radius 2 is 1.76 bits per heavy atom. The molecule has 0 aromatic heterocycles. The highest BCUT2D eigenvalue weighted by Crippen LogP contribution is 2.15. The zero-order valence-electron chi connectivity index (χ0n) is 14.6. The molecular weight excluding hydrogens is 318 g/mol. The molecule has 130 valence electrons. The minimum atomic E-state index is -0.471. The minimum Gasteiger partial charge on any atom is -0.465 e. The van der Waals surface area contributed by atoms with Crippen molar-refractivity contribution in [2.24, 2.45) is 0 Å². The van der Waals surface area contributed by atoms with E-state index in [0.29, 0.717) is 16.8 Å². The lowest BCUT2D eigenvalue weighted by molar-refractivity contribution is -0.116. The number of anilines is 1. The Morgan fingerprint density at radius 1 is 1.00 bits per heavy atom. The first kappa shape index (κ1) is 18.4. The number of aryl methyl sites for hydroxylation is 2. The third kappa shape index (κ3) is 5.01. The molecule has 0 saturated carbocycles. The highest BCUT2D eigenvalue weighted by molar-refractivity contribution is 6.01. The number of nitrogens with one attached hydrogen (secondary N) is 1. The number of hydrogen-bond acceptors (Lipinski definition) is 4. The van der Waals surface area contributed by atoms with E-state index in [9.17, 15) is 14.4 Å². The van der Waals surface area contributed by atoms with Crippen molar-refractivity contribution in [3.05, 3.63) is 64.7 Å². The standard InChI is InChI=1S/C20H21NO4/c1-13-7-8-14(2)17(11-13)18(22)9-10-19(23)21-16-6-4-5-15(12-16)20(24)25-3/h4-8,11-12H,9-10H2,1-3H3,(H,21,23). The van der Waals surface area contributed by atoms with Gasteiger partial charge in [-0.15, -0.1) is 0 Å². The van der Waals surface area contributed by atoms with E-state index in [4.69, 9.17) is 0 Å². The molecule has 5 nitrogen and oxygen atoms in total. The summed E-state index contributed by atoms with van der Waals surface area (Å²) in [4.78, 5) is 35.9. The number of carbonyl (C=O) groups excluding carboxylic acids is 3. The van der Waals surface area contributed by atoms with Crippen LogP contribution >= 0.6 is 0 Å². The maximum absolute atomic E-state index is 12.3. The van der Waals surface area contributed by atoms with Gasteiger partial charge in [0.1, 0.15) is 0 Å². The minimum absolute atomic E-state index is 0.0559. The van der Waals surface area contributed by atoms with E-state index in [2.05, 4.69) is 10.1 Å². The molecule has 1 N–H and O–H groups in total. The average molecular weight is 339 g/mol. The van der Waals surface area contributed by atoms with Crippen molar-refractivity contribution >= 4 is 23.3 Å². The van der Waals surface area contributed by atoms with Crippen LogP contribution in [-0.2, 0) is 9.53 Å². The van der Waals surface area contributed by atoms with E-state index in [0.717, 1.165) is 11.1 Å².